The van der Waals surface area contributed by atoms with Crippen LogP contribution < -0.4 is 5.32 Å². The normalized spacial score (nSPS) is 24.3. The van der Waals surface area contributed by atoms with Gasteiger partial charge in [-0.1, -0.05) is 12.1 Å². The summed E-state index contributed by atoms with van der Waals surface area (Å²) in [5, 5.41) is 3.44. The van der Waals surface area contributed by atoms with Crippen molar-refractivity contribution in [3.05, 3.63) is 35.4 Å². The first-order chi connectivity index (χ1) is 10.2. The van der Waals surface area contributed by atoms with Gasteiger partial charge < -0.3 is 5.32 Å². The van der Waals surface area contributed by atoms with Crippen LogP contribution in [-0.4, -0.2) is 30.6 Å². The van der Waals surface area contributed by atoms with E-state index in [4.69, 9.17) is 0 Å². The molecule has 0 amide bonds. The Hall–Kier alpha value is -1.00. The molecule has 1 heterocycles. The third-order valence-corrected chi connectivity index (χ3v) is 4.81. The van der Waals surface area contributed by atoms with Crippen molar-refractivity contribution in [3.8, 4) is 0 Å². The van der Waals surface area contributed by atoms with Gasteiger partial charge in [0.2, 0.25) is 0 Å². The maximum absolute atomic E-state index is 14.1. The number of nitrogens with one attached hydrogen (secondary N) is 1. The molecule has 116 valence electrons. The fourth-order valence-corrected chi connectivity index (χ4v) is 3.43. The summed E-state index contributed by atoms with van der Waals surface area (Å²) in [5.41, 5.74) is 0.491. The highest BCUT2D eigenvalue weighted by atomic mass is 19.2. The fourth-order valence-electron chi connectivity index (χ4n) is 3.43. The second-order valence-electron chi connectivity index (χ2n) is 6.46. The molecule has 21 heavy (non-hydrogen) atoms. The van der Waals surface area contributed by atoms with Gasteiger partial charge >= 0.3 is 0 Å². The van der Waals surface area contributed by atoms with Crippen molar-refractivity contribution in [2.24, 2.45) is 5.92 Å². The summed E-state index contributed by atoms with van der Waals surface area (Å²) >= 11 is 0. The Morgan fingerprint density at radius 2 is 2.10 bits per heavy atom. The topological polar surface area (TPSA) is 15.3 Å². The number of nitrogens with zero attached hydrogens (tertiary/aromatic N) is 1. The highest BCUT2D eigenvalue weighted by molar-refractivity contribution is 5.22. The number of piperidine rings is 1. The first-order valence-corrected chi connectivity index (χ1v) is 8.07. The molecular formula is C17H24F2N2. The monoisotopic (exact) mass is 294 g/mol. The molecule has 2 atom stereocenters. The molecule has 1 aromatic carbocycles. The molecule has 2 nitrogen and oxygen atoms in total. The molecule has 2 fully saturated rings. The summed E-state index contributed by atoms with van der Waals surface area (Å²) in [7, 11) is 0. The SMILES string of the molecule is CC(c1cccc(F)c1F)N(CC1CCCNC1)C1CC1. The van der Waals surface area contributed by atoms with Crippen molar-refractivity contribution in [2.45, 2.75) is 44.7 Å². The third-order valence-electron chi connectivity index (χ3n) is 4.81. The molecule has 1 saturated carbocycles. The molecule has 3 rings (SSSR count). The first kappa shape index (κ1) is 14.9. The summed E-state index contributed by atoms with van der Waals surface area (Å²) in [6.07, 6.45) is 4.81. The number of halogens is 2. The molecular weight excluding hydrogens is 270 g/mol. The zero-order valence-electron chi connectivity index (χ0n) is 12.6. The lowest BCUT2D eigenvalue weighted by Crippen LogP contribution is -2.40. The van der Waals surface area contributed by atoms with Crippen LogP contribution in [0.3, 0.4) is 0 Å². The van der Waals surface area contributed by atoms with Crippen molar-refractivity contribution in [2.75, 3.05) is 19.6 Å². The van der Waals surface area contributed by atoms with Gasteiger partial charge in [0, 0.05) is 24.2 Å². The second kappa shape index (κ2) is 6.41. The van der Waals surface area contributed by atoms with Crippen LogP contribution in [0.25, 0.3) is 0 Å². The van der Waals surface area contributed by atoms with E-state index in [-0.39, 0.29) is 6.04 Å². The molecule has 0 radical (unpaired) electrons. The number of rotatable bonds is 5. The van der Waals surface area contributed by atoms with Gasteiger partial charge in [0.1, 0.15) is 0 Å². The van der Waals surface area contributed by atoms with Crippen molar-refractivity contribution in [1.82, 2.24) is 10.2 Å². The standard InChI is InChI=1S/C17H24F2N2/c1-12(15-5-2-6-16(18)17(15)19)21(14-7-8-14)11-13-4-3-9-20-10-13/h2,5-6,12-14,20H,3-4,7-11H2,1H3. The molecule has 0 aromatic heterocycles. The maximum atomic E-state index is 14.1. The minimum Gasteiger partial charge on any atom is -0.316 e. The van der Waals surface area contributed by atoms with E-state index in [1.165, 1.54) is 31.7 Å². The van der Waals surface area contributed by atoms with E-state index in [2.05, 4.69) is 10.2 Å². The van der Waals surface area contributed by atoms with Gasteiger partial charge in [-0.05, 0) is 57.7 Å². The van der Waals surface area contributed by atoms with Crippen LogP contribution in [0.15, 0.2) is 18.2 Å². The Morgan fingerprint density at radius 1 is 1.29 bits per heavy atom. The minimum absolute atomic E-state index is 0.0601. The zero-order chi connectivity index (χ0) is 14.8. The number of hydrogen-bond acceptors (Lipinski definition) is 2. The molecule has 4 heteroatoms. The van der Waals surface area contributed by atoms with Gasteiger partial charge in [0.05, 0.1) is 0 Å². The van der Waals surface area contributed by atoms with Crippen LogP contribution in [0.4, 0.5) is 8.78 Å². The lowest BCUT2D eigenvalue weighted by molar-refractivity contribution is 0.151. The molecule has 1 saturated heterocycles. The lowest BCUT2D eigenvalue weighted by Gasteiger charge is -2.34. The van der Waals surface area contributed by atoms with Crippen LogP contribution in [0.2, 0.25) is 0 Å². The van der Waals surface area contributed by atoms with Crippen molar-refractivity contribution >= 4 is 0 Å². The smallest absolute Gasteiger partial charge is 0.163 e. The van der Waals surface area contributed by atoms with Crippen molar-refractivity contribution in [3.63, 3.8) is 0 Å². The van der Waals surface area contributed by atoms with E-state index in [1.807, 2.05) is 6.92 Å². The van der Waals surface area contributed by atoms with Crippen LogP contribution in [0.5, 0.6) is 0 Å². The molecule has 1 aromatic rings. The van der Waals surface area contributed by atoms with E-state index in [1.54, 1.807) is 12.1 Å². The van der Waals surface area contributed by atoms with Gasteiger partial charge in [-0.2, -0.15) is 0 Å². The molecule has 1 aliphatic heterocycles. The second-order valence-corrected chi connectivity index (χ2v) is 6.46. The van der Waals surface area contributed by atoms with Crippen LogP contribution in [-0.2, 0) is 0 Å². The molecule has 2 unspecified atom stereocenters. The average Bonchev–Trinajstić information content (AvgIpc) is 3.33. The van der Waals surface area contributed by atoms with Gasteiger partial charge in [0.15, 0.2) is 11.6 Å². The van der Waals surface area contributed by atoms with Crippen molar-refractivity contribution in [1.29, 1.82) is 0 Å². The van der Waals surface area contributed by atoms with Gasteiger partial charge in [0.25, 0.3) is 0 Å². The highest BCUT2D eigenvalue weighted by Gasteiger charge is 2.35. The van der Waals surface area contributed by atoms with Crippen LogP contribution in [0.1, 0.15) is 44.2 Å². The third kappa shape index (κ3) is 3.43. The summed E-state index contributed by atoms with van der Waals surface area (Å²) in [6, 6.07) is 5.01. The van der Waals surface area contributed by atoms with Gasteiger partial charge in [-0.25, -0.2) is 8.78 Å². The Kier molecular flexibility index (Phi) is 4.55. The fraction of sp³-hybridized carbons (Fsp3) is 0.647. The Bertz CT molecular complexity index is 482. The molecule has 0 spiro atoms. The van der Waals surface area contributed by atoms with Crippen LogP contribution in [0, 0.1) is 17.6 Å². The molecule has 2 aliphatic rings. The predicted octanol–water partition coefficient (Wildman–Crippen LogP) is 3.49. The van der Waals surface area contributed by atoms with E-state index in [0.717, 1.165) is 19.6 Å². The number of benzene rings is 1. The summed E-state index contributed by atoms with van der Waals surface area (Å²) in [4.78, 5) is 2.38. The minimum atomic E-state index is -0.741. The summed E-state index contributed by atoms with van der Waals surface area (Å²) in [5.74, 6) is -0.801. The zero-order valence-corrected chi connectivity index (χ0v) is 12.6. The molecule has 1 aliphatic carbocycles. The quantitative estimate of drug-likeness (QED) is 0.894. The lowest BCUT2D eigenvalue weighted by atomic mass is 9.97. The Labute approximate surface area is 125 Å². The van der Waals surface area contributed by atoms with Gasteiger partial charge in [-0.3, -0.25) is 4.90 Å². The van der Waals surface area contributed by atoms with E-state index in [0.29, 0.717) is 17.5 Å². The Morgan fingerprint density at radius 3 is 2.76 bits per heavy atom. The average molecular weight is 294 g/mol. The maximum Gasteiger partial charge on any atom is 0.163 e. The van der Waals surface area contributed by atoms with Gasteiger partial charge in [-0.15, -0.1) is 0 Å². The molecule has 0 bridgehead atoms. The molecule has 1 N–H and O–H groups in total. The summed E-state index contributed by atoms with van der Waals surface area (Å²) < 4.78 is 27.5. The first-order valence-electron chi connectivity index (χ1n) is 8.07. The predicted molar refractivity (Wildman–Crippen MR) is 80.1 cm³/mol. The van der Waals surface area contributed by atoms with E-state index < -0.39 is 11.6 Å². The van der Waals surface area contributed by atoms with Crippen molar-refractivity contribution < 1.29 is 8.78 Å². The highest BCUT2D eigenvalue weighted by Crippen LogP contribution is 2.36. The van der Waals surface area contributed by atoms with E-state index in [9.17, 15) is 8.78 Å². The number of hydrogen-bond donors (Lipinski definition) is 1. The van der Waals surface area contributed by atoms with E-state index >= 15 is 0 Å². The largest absolute Gasteiger partial charge is 0.316 e. The van der Waals surface area contributed by atoms with Crippen LogP contribution >= 0.6 is 0 Å². The Balaban J connectivity index is 1.75. The summed E-state index contributed by atoms with van der Waals surface area (Å²) in [6.45, 7) is 5.14.